The summed E-state index contributed by atoms with van der Waals surface area (Å²) in [7, 11) is 0. The van der Waals surface area contributed by atoms with Crippen molar-refractivity contribution in [2.45, 2.75) is 39.2 Å². The summed E-state index contributed by atoms with van der Waals surface area (Å²) in [6.45, 7) is 8.91. The average molecular weight is 343 g/mol. The zero-order chi connectivity index (χ0) is 16.0. The van der Waals surface area contributed by atoms with Gasteiger partial charge in [-0.15, -0.1) is 12.4 Å². The van der Waals surface area contributed by atoms with Crippen LogP contribution in [-0.2, 0) is 0 Å². The minimum absolute atomic E-state index is 0. The van der Waals surface area contributed by atoms with E-state index < -0.39 is 0 Å². The van der Waals surface area contributed by atoms with E-state index in [9.17, 15) is 4.79 Å². The number of piperidine rings is 1. The van der Waals surface area contributed by atoms with E-state index in [1.54, 1.807) is 18.2 Å². The van der Waals surface area contributed by atoms with Gasteiger partial charge in [-0.05, 0) is 64.9 Å². The van der Waals surface area contributed by atoms with Crippen LogP contribution in [0.4, 0.5) is 0 Å². The Morgan fingerprint density at radius 1 is 1.17 bits per heavy atom. The van der Waals surface area contributed by atoms with Gasteiger partial charge < -0.3 is 20.1 Å². The van der Waals surface area contributed by atoms with Gasteiger partial charge in [0.25, 0.3) is 5.91 Å². The second-order valence-electron chi connectivity index (χ2n) is 5.79. The first-order chi connectivity index (χ1) is 10.6. The second kappa shape index (κ2) is 8.99. The lowest BCUT2D eigenvalue weighted by atomic mass is 9.90. The molecule has 1 aromatic carbocycles. The third kappa shape index (κ3) is 5.29. The molecule has 5 nitrogen and oxygen atoms in total. The van der Waals surface area contributed by atoms with E-state index in [0.717, 1.165) is 25.9 Å². The highest BCUT2D eigenvalue weighted by Gasteiger charge is 2.28. The smallest absolute Gasteiger partial charge is 0.251 e. The Bertz CT molecular complexity index is 517. The highest BCUT2D eigenvalue weighted by Crippen LogP contribution is 2.29. The molecule has 2 N–H and O–H groups in total. The molecule has 1 fully saturated rings. The Morgan fingerprint density at radius 2 is 1.78 bits per heavy atom. The molecule has 1 heterocycles. The standard InChI is InChI=1S/C17H26N2O3.ClH/c1-4-21-14-7-6-13(12-15(14)22-5-2)16(20)19-17(3)8-10-18-11-9-17;/h6-7,12,18H,4-5,8-11H2,1-3H3,(H,19,20);1H. The van der Waals surface area contributed by atoms with Crippen LogP contribution < -0.4 is 20.1 Å². The number of carbonyl (C=O) groups is 1. The van der Waals surface area contributed by atoms with Crippen LogP contribution >= 0.6 is 12.4 Å². The number of ether oxygens (including phenoxy) is 2. The van der Waals surface area contributed by atoms with Crippen molar-refractivity contribution < 1.29 is 14.3 Å². The van der Waals surface area contributed by atoms with E-state index in [1.165, 1.54) is 0 Å². The van der Waals surface area contributed by atoms with Crippen molar-refractivity contribution in [2.24, 2.45) is 0 Å². The maximum atomic E-state index is 12.5. The third-order valence-corrected chi connectivity index (χ3v) is 3.93. The number of hydrogen-bond donors (Lipinski definition) is 2. The predicted octanol–water partition coefficient (Wildman–Crippen LogP) is 2.78. The van der Waals surface area contributed by atoms with Gasteiger partial charge >= 0.3 is 0 Å². The van der Waals surface area contributed by atoms with Gasteiger partial charge in [0.1, 0.15) is 0 Å². The lowest BCUT2D eigenvalue weighted by Gasteiger charge is -2.35. The molecule has 6 heteroatoms. The molecule has 1 aliphatic rings. The highest BCUT2D eigenvalue weighted by molar-refractivity contribution is 5.95. The zero-order valence-electron chi connectivity index (χ0n) is 14.1. The molecule has 0 bridgehead atoms. The maximum absolute atomic E-state index is 12.5. The van der Waals surface area contributed by atoms with Gasteiger partial charge in [0, 0.05) is 11.1 Å². The van der Waals surface area contributed by atoms with Crippen LogP contribution in [0.5, 0.6) is 11.5 Å². The first-order valence-electron chi connectivity index (χ1n) is 8.01. The lowest BCUT2D eigenvalue weighted by molar-refractivity contribution is 0.0887. The molecule has 23 heavy (non-hydrogen) atoms. The topological polar surface area (TPSA) is 59.6 Å². The van der Waals surface area contributed by atoms with E-state index in [1.807, 2.05) is 13.8 Å². The Morgan fingerprint density at radius 3 is 2.39 bits per heavy atom. The molecular formula is C17H27ClN2O3. The summed E-state index contributed by atoms with van der Waals surface area (Å²) in [5.74, 6) is 1.23. The van der Waals surface area contributed by atoms with Crippen molar-refractivity contribution in [3.05, 3.63) is 23.8 Å². The SMILES string of the molecule is CCOc1ccc(C(=O)NC2(C)CCNCC2)cc1OCC.Cl. The van der Waals surface area contributed by atoms with Crippen LogP contribution in [0.3, 0.4) is 0 Å². The summed E-state index contributed by atoms with van der Waals surface area (Å²) in [6, 6.07) is 5.34. The minimum atomic E-state index is -0.146. The fourth-order valence-corrected chi connectivity index (χ4v) is 2.64. The molecule has 0 spiro atoms. The van der Waals surface area contributed by atoms with Crippen LogP contribution in [0.25, 0.3) is 0 Å². The van der Waals surface area contributed by atoms with Gasteiger partial charge in [0.05, 0.1) is 13.2 Å². The largest absolute Gasteiger partial charge is 0.490 e. The lowest BCUT2D eigenvalue weighted by Crippen LogP contribution is -2.52. The van der Waals surface area contributed by atoms with E-state index in [4.69, 9.17) is 9.47 Å². The first kappa shape index (κ1) is 19.6. The number of benzene rings is 1. The Hall–Kier alpha value is -1.46. The first-order valence-corrected chi connectivity index (χ1v) is 8.01. The fourth-order valence-electron chi connectivity index (χ4n) is 2.64. The van der Waals surface area contributed by atoms with Crippen molar-refractivity contribution in [1.29, 1.82) is 0 Å². The van der Waals surface area contributed by atoms with Crippen LogP contribution in [0.1, 0.15) is 44.0 Å². The van der Waals surface area contributed by atoms with Crippen LogP contribution in [0.15, 0.2) is 18.2 Å². The molecular weight excluding hydrogens is 316 g/mol. The Labute approximate surface area is 144 Å². The summed E-state index contributed by atoms with van der Waals surface area (Å²) in [5.41, 5.74) is 0.457. The predicted molar refractivity (Wildman–Crippen MR) is 94.0 cm³/mol. The minimum Gasteiger partial charge on any atom is -0.490 e. The van der Waals surface area contributed by atoms with Crippen LogP contribution in [0.2, 0.25) is 0 Å². The molecule has 0 aromatic heterocycles. The molecule has 1 aromatic rings. The van der Waals surface area contributed by atoms with Gasteiger partial charge in [-0.2, -0.15) is 0 Å². The molecule has 1 amide bonds. The summed E-state index contributed by atoms with van der Waals surface area (Å²) >= 11 is 0. The molecule has 0 saturated carbocycles. The van der Waals surface area contributed by atoms with Gasteiger partial charge in [-0.3, -0.25) is 4.79 Å². The van der Waals surface area contributed by atoms with E-state index in [2.05, 4.69) is 17.6 Å². The number of halogens is 1. The maximum Gasteiger partial charge on any atom is 0.251 e. The molecule has 1 aliphatic heterocycles. The molecule has 130 valence electrons. The molecule has 0 unspecified atom stereocenters. The fraction of sp³-hybridized carbons (Fsp3) is 0.588. The summed E-state index contributed by atoms with van der Waals surface area (Å²) in [5, 5.41) is 6.47. The van der Waals surface area contributed by atoms with Crippen LogP contribution in [-0.4, -0.2) is 37.7 Å². The molecule has 2 rings (SSSR count). The van der Waals surface area contributed by atoms with Crippen molar-refractivity contribution in [1.82, 2.24) is 10.6 Å². The number of hydrogen-bond acceptors (Lipinski definition) is 4. The summed E-state index contributed by atoms with van der Waals surface area (Å²) in [6.07, 6.45) is 1.88. The Balaban J connectivity index is 0.00000264. The quantitative estimate of drug-likeness (QED) is 0.834. The van der Waals surface area contributed by atoms with Crippen LogP contribution in [0, 0.1) is 0 Å². The van der Waals surface area contributed by atoms with E-state index in [0.29, 0.717) is 30.3 Å². The normalized spacial score (nSPS) is 16.1. The van der Waals surface area contributed by atoms with Crippen molar-refractivity contribution in [3.63, 3.8) is 0 Å². The summed E-state index contributed by atoms with van der Waals surface area (Å²) in [4.78, 5) is 12.5. The molecule has 0 radical (unpaired) electrons. The number of carbonyl (C=O) groups excluding carboxylic acids is 1. The number of nitrogens with one attached hydrogen (secondary N) is 2. The van der Waals surface area contributed by atoms with Gasteiger partial charge in [-0.25, -0.2) is 0 Å². The molecule has 1 saturated heterocycles. The average Bonchev–Trinajstić information content (AvgIpc) is 2.49. The molecule has 0 atom stereocenters. The Kier molecular flexibility index (Phi) is 7.65. The van der Waals surface area contributed by atoms with Gasteiger partial charge in [-0.1, -0.05) is 0 Å². The monoisotopic (exact) mass is 342 g/mol. The van der Waals surface area contributed by atoms with E-state index in [-0.39, 0.29) is 23.9 Å². The highest BCUT2D eigenvalue weighted by atomic mass is 35.5. The van der Waals surface area contributed by atoms with Gasteiger partial charge in [0.15, 0.2) is 11.5 Å². The zero-order valence-corrected chi connectivity index (χ0v) is 14.9. The van der Waals surface area contributed by atoms with Crippen molar-refractivity contribution in [3.8, 4) is 11.5 Å². The summed E-state index contributed by atoms with van der Waals surface area (Å²) < 4.78 is 11.1. The molecule has 0 aliphatic carbocycles. The van der Waals surface area contributed by atoms with E-state index >= 15 is 0 Å². The van der Waals surface area contributed by atoms with Crippen molar-refractivity contribution in [2.75, 3.05) is 26.3 Å². The van der Waals surface area contributed by atoms with Gasteiger partial charge in [0.2, 0.25) is 0 Å². The number of rotatable bonds is 6. The second-order valence-corrected chi connectivity index (χ2v) is 5.79. The number of amides is 1. The van der Waals surface area contributed by atoms with Crippen molar-refractivity contribution >= 4 is 18.3 Å². The third-order valence-electron chi connectivity index (χ3n) is 3.93.